The molecule has 0 aliphatic rings. The van der Waals surface area contributed by atoms with Gasteiger partial charge in [0.1, 0.15) is 0 Å². The molecule has 1 aromatic heterocycles. The largest absolute Gasteiger partial charge is 0.395 e. The molecular weight excluding hydrogens is 252 g/mol. The van der Waals surface area contributed by atoms with Gasteiger partial charge < -0.3 is 10.6 Å². The van der Waals surface area contributed by atoms with Gasteiger partial charge in [0.15, 0.2) is 5.69 Å². The maximum absolute atomic E-state index is 12.5. The van der Waals surface area contributed by atoms with Crippen molar-refractivity contribution in [2.75, 3.05) is 12.3 Å². The van der Waals surface area contributed by atoms with E-state index in [1.54, 1.807) is 4.90 Å². The number of aryl methyl sites for hydroxylation is 1. The quantitative estimate of drug-likeness (QED) is 0.876. The van der Waals surface area contributed by atoms with Crippen LogP contribution in [-0.2, 0) is 13.0 Å². The highest BCUT2D eigenvalue weighted by Gasteiger charge is 2.21. The first kappa shape index (κ1) is 14.1. The normalized spacial score (nSPS) is 10.5. The molecular formula is C15H20N4O. The zero-order chi connectivity index (χ0) is 14.5. The van der Waals surface area contributed by atoms with Crippen molar-refractivity contribution in [1.82, 2.24) is 15.1 Å². The van der Waals surface area contributed by atoms with Gasteiger partial charge in [-0.15, -0.1) is 0 Å². The molecule has 106 valence electrons. The summed E-state index contributed by atoms with van der Waals surface area (Å²) in [6, 6.07) is 9.89. The Bertz CT molecular complexity index is 577. The average molecular weight is 272 g/mol. The summed E-state index contributed by atoms with van der Waals surface area (Å²) in [5.41, 5.74) is 8.64. The van der Waals surface area contributed by atoms with Crippen LogP contribution in [0.4, 0.5) is 5.69 Å². The number of anilines is 1. The zero-order valence-electron chi connectivity index (χ0n) is 11.9. The summed E-state index contributed by atoms with van der Waals surface area (Å²) in [7, 11) is 0. The molecule has 1 heterocycles. The second-order valence-electron chi connectivity index (χ2n) is 4.62. The van der Waals surface area contributed by atoms with Crippen molar-refractivity contribution in [3.05, 3.63) is 47.3 Å². The van der Waals surface area contributed by atoms with Gasteiger partial charge in [0.25, 0.3) is 5.91 Å². The van der Waals surface area contributed by atoms with Crippen molar-refractivity contribution in [2.45, 2.75) is 26.8 Å². The van der Waals surface area contributed by atoms with Gasteiger partial charge >= 0.3 is 0 Å². The number of amides is 1. The van der Waals surface area contributed by atoms with E-state index in [1.807, 2.05) is 44.2 Å². The van der Waals surface area contributed by atoms with E-state index in [4.69, 9.17) is 5.73 Å². The van der Waals surface area contributed by atoms with E-state index >= 15 is 0 Å². The molecule has 2 rings (SSSR count). The molecule has 0 spiro atoms. The van der Waals surface area contributed by atoms with Crippen molar-refractivity contribution in [3.63, 3.8) is 0 Å². The molecule has 0 aliphatic heterocycles. The Morgan fingerprint density at radius 1 is 1.30 bits per heavy atom. The molecule has 5 heteroatoms. The maximum atomic E-state index is 12.5. The molecule has 0 bridgehead atoms. The third-order valence-corrected chi connectivity index (χ3v) is 3.32. The van der Waals surface area contributed by atoms with Gasteiger partial charge in [0, 0.05) is 13.1 Å². The number of carbonyl (C=O) groups is 1. The number of nitrogen functional groups attached to an aromatic ring is 1. The third kappa shape index (κ3) is 2.82. The molecule has 20 heavy (non-hydrogen) atoms. The molecule has 0 unspecified atom stereocenters. The van der Waals surface area contributed by atoms with E-state index in [9.17, 15) is 4.79 Å². The fourth-order valence-electron chi connectivity index (χ4n) is 2.10. The minimum Gasteiger partial charge on any atom is -0.395 e. The Hall–Kier alpha value is -2.30. The van der Waals surface area contributed by atoms with Crippen LogP contribution in [0.3, 0.4) is 0 Å². The molecule has 2 aromatic rings. The fraction of sp³-hybridized carbons (Fsp3) is 0.333. The maximum Gasteiger partial charge on any atom is 0.276 e. The number of hydrogen-bond donors (Lipinski definition) is 2. The van der Waals surface area contributed by atoms with Crippen LogP contribution < -0.4 is 5.73 Å². The molecule has 1 amide bonds. The number of nitrogens with one attached hydrogen (secondary N) is 1. The summed E-state index contributed by atoms with van der Waals surface area (Å²) < 4.78 is 0. The lowest BCUT2D eigenvalue weighted by Crippen LogP contribution is -2.31. The summed E-state index contributed by atoms with van der Waals surface area (Å²) in [5, 5.41) is 6.88. The van der Waals surface area contributed by atoms with Crippen LogP contribution in [0.15, 0.2) is 30.3 Å². The monoisotopic (exact) mass is 272 g/mol. The van der Waals surface area contributed by atoms with Crippen LogP contribution in [0, 0.1) is 0 Å². The van der Waals surface area contributed by atoms with E-state index < -0.39 is 0 Å². The number of benzene rings is 1. The van der Waals surface area contributed by atoms with Crippen LogP contribution in [0.25, 0.3) is 0 Å². The summed E-state index contributed by atoms with van der Waals surface area (Å²) in [4.78, 5) is 14.2. The number of hydrogen-bond acceptors (Lipinski definition) is 3. The highest BCUT2D eigenvalue weighted by Crippen LogP contribution is 2.17. The number of aromatic amines is 1. The number of aromatic nitrogens is 2. The first-order chi connectivity index (χ1) is 9.67. The predicted molar refractivity (Wildman–Crippen MR) is 79.2 cm³/mol. The molecule has 0 fully saturated rings. The van der Waals surface area contributed by atoms with E-state index in [0.717, 1.165) is 17.7 Å². The van der Waals surface area contributed by atoms with Gasteiger partial charge in [-0.25, -0.2) is 0 Å². The number of nitrogens with two attached hydrogens (primary N) is 1. The van der Waals surface area contributed by atoms with Crippen LogP contribution in [0.2, 0.25) is 0 Å². The Morgan fingerprint density at radius 2 is 2.00 bits per heavy atom. The van der Waals surface area contributed by atoms with Crippen molar-refractivity contribution in [2.24, 2.45) is 0 Å². The van der Waals surface area contributed by atoms with E-state index in [0.29, 0.717) is 24.5 Å². The number of rotatable bonds is 5. The number of nitrogens with zero attached hydrogens (tertiary/aromatic N) is 2. The summed E-state index contributed by atoms with van der Waals surface area (Å²) in [5.74, 6) is -0.134. The highest BCUT2D eigenvalue weighted by atomic mass is 16.2. The Labute approximate surface area is 118 Å². The van der Waals surface area contributed by atoms with Gasteiger partial charge in [-0.05, 0) is 18.9 Å². The van der Waals surface area contributed by atoms with E-state index in [-0.39, 0.29) is 5.91 Å². The molecule has 1 aromatic carbocycles. The standard InChI is InChI=1S/C15H20N4O/c1-3-12-13(16)14(18-17-12)15(20)19(4-2)10-11-8-6-5-7-9-11/h5-9H,3-4,10,16H2,1-2H3,(H,17,18). The molecule has 0 saturated heterocycles. The number of H-pyrrole nitrogens is 1. The topological polar surface area (TPSA) is 75.0 Å². The van der Waals surface area contributed by atoms with Crippen LogP contribution in [-0.4, -0.2) is 27.5 Å². The molecule has 0 aliphatic carbocycles. The second kappa shape index (κ2) is 6.23. The first-order valence-corrected chi connectivity index (χ1v) is 6.83. The van der Waals surface area contributed by atoms with E-state index in [2.05, 4.69) is 10.2 Å². The fourth-order valence-corrected chi connectivity index (χ4v) is 2.10. The first-order valence-electron chi connectivity index (χ1n) is 6.83. The van der Waals surface area contributed by atoms with Gasteiger partial charge in [-0.1, -0.05) is 37.3 Å². The van der Waals surface area contributed by atoms with E-state index in [1.165, 1.54) is 0 Å². The molecule has 0 radical (unpaired) electrons. The molecule has 3 N–H and O–H groups in total. The second-order valence-corrected chi connectivity index (χ2v) is 4.62. The summed E-state index contributed by atoms with van der Waals surface area (Å²) >= 11 is 0. The zero-order valence-corrected chi connectivity index (χ0v) is 11.9. The third-order valence-electron chi connectivity index (χ3n) is 3.32. The summed E-state index contributed by atoms with van der Waals surface area (Å²) in [6.07, 6.45) is 0.733. The minimum atomic E-state index is -0.134. The highest BCUT2D eigenvalue weighted by molar-refractivity contribution is 5.97. The molecule has 0 atom stereocenters. The van der Waals surface area contributed by atoms with Crippen molar-refractivity contribution < 1.29 is 4.79 Å². The van der Waals surface area contributed by atoms with Gasteiger partial charge in [-0.3, -0.25) is 9.89 Å². The average Bonchev–Trinajstić information content (AvgIpc) is 2.86. The minimum absolute atomic E-state index is 0.134. The summed E-state index contributed by atoms with van der Waals surface area (Å²) in [6.45, 7) is 5.09. The van der Waals surface area contributed by atoms with Crippen molar-refractivity contribution >= 4 is 11.6 Å². The lowest BCUT2D eigenvalue weighted by atomic mass is 10.2. The Morgan fingerprint density at radius 3 is 2.55 bits per heavy atom. The predicted octanol–water partition coefficient (Wildman–Crippen LogP) is 2.22. The smallest absolute Gasteiger partial charge is 0.276 e. The lowest BCUT2D eigenvalue weighted by Gasteiger charge is -2.20. The SMILES string of the molecule is CCc1[nH]nc(C(=O)N(CC)Cc2ccccc2)c1N. The van der Waals surface area contributed by atoms with Crippen LogP contribution in [0.1, 0.15) is 35.6 Å². The van der Waals surface area contributed by atoms with Crippen LogP contribution in [0.5, 0.6) is 0 Å². The van der Waals surface area contributed by atoms with Crippen LogP contribution >= 0.6 is 0 Å². The lowest BCUT2D eigenvalue weighted by molar-refractivity contribution is 0.0747. The molecule has 5 nitrogen and oxygen atoms in total. The Balaban J connectivity index is 2.18. The van der Waals surface area contributed by atoms with Crippen molar-refractivity contribution in [3.8, 4) is 0 Å². The van der Waals surface area contributed by atoms with Crippen molar-refractivity contribution in [1.29, 1.82) is 0 Å². The number of carbonyl (C=O) groups excluding carboxylic acids is 1. The van der Waals surface area contributed by atoms with Gasteiger partial charge in [-0.2, -0.15) is 5.10 Å². The van der Waals surface area contributed by atoms with Gasteiger partial charge in [0.05, 0.1) is 11.4 Å². The molecule has 0 saturated carbocycles. The Kier molecular flexibility index (Phi) is 4.40. The van der Waals surface area contributed by atoms with Gasteiger partial charge in [0.2, 0.25) is 0 Å².